The van der Waals surface area contributed by atoms with Crippen molar-refractivity contribution >= 4 is 22.5 Å². The van der Waals surface area contributed by atoms with Crippen LogP contribution in [0.2, 0.25) is 0 Å². The Morgan fingerprint density at radius 1 is 1.10 bits per heavy atom. The van der Waals surface area contributed by atoms with Crippen LogP contribution in [0.4, 0.5) is 10.1 Å². The molecule has 1 aromatic heterocycles. The molecule has 1 heterocycles. The average Bonchev–Trinajstić information content (AvgIpc) is 2.90. The zero-order chi connectivity index (χ0) is 14.8. The van der Waals surface area contributed by atoms with Crippen molar-refractivity contribution in [3.8, 4) is 0 Å². The SMILES string of the molecule is CN(C(=O)Cn1ccc2ccccc21)c1ccccc1F. The van der Waals surface area contributed by atoms with E-state index in [2.05, 4.69) is 0 Å². The number of anilines is 1. The van der Waals surface area contributed by atoms with E-state index in [1.165, 1.54) is 11.0 Å². The number of hydrogen-bond acceptors (Lipinski definition) is 1. The third-order valence-electron chi connectivity index (χ3n) is 3.57. The average molecular weight is 282 g/mol. The van der Waals surface area contributed by atoms with Gasteiger partial charge in [0.2, 0.25) is 5.91 Å². The molecule has 0 aliphatic heterocycles. The summed E-state index contributed by atoms with van der Waals surface area (Å²) in [6.45, 7) is 0.179. The zero-order valence-electron chi connectivity index (χ0n) is 11.7. The van der Waals surface area contributed by atoms with Crippen molar-refractivity contribution in [3.63, 3.8) is 0 Å². The summed E-state index contributed by atoms with van der Waals surface area (Å²) >= 11 is 0. The van der Waals surface area contributed by atoms with Crippen molar-refractivity contribution in [3.05, 3.63) is 66.6 Å². The number of carbonyl (C=O) groups excluding carboxylic acids is 1. The second-order valence-electron chi connectivity index (χ2n) is 4.91. The minimum absolute atomic E-state index is 0.165. The van der Waals surface area contributed by atoms with Gasteiger partial charge in [0.05, 0.1) is 5.69 Å². The van der Waals surface area contributed by atoms with E-state index < -0.39 is 5.82 Å². The van der Waals surface area contributed by atoms with Crippen LogP contribution in [0, 0.1) is 5.82 Å². The first kappa shape index (κ1) is 13.4. The van der Waals surface area contributed by atoms with Crippen LogP contribution < -0.4 is 4.90 Å². The van der Waals surface area contributed by atoms with E-state index in [1.807, 2.05) is 41.1 Å². The first-order valence-corrected chi connectivity index (χ1v) is 6.72. The third-order valence-corrected chi connectivity index (χ3v) is 3.57. The quantitative estimate of drug-likeness (QED) is 0.722. The number of likely N-dealkylation sites (N-methyl/N-ethyl adjacent to an activating group) is 1. The van der Waals surface area contributed by atoms with Crippen LogP contribution in [0.3, 0.4) is 0 Å². The first-order chi connectivity index (χ1) is 10.2. The minimum Gasteiger partial charge on any atom is -0.338 e. The molecule has 1 amide bonds. The van der Waals surface area contributed by atoms with Gasteiger partial charge in [0.25, 0.3) is 0 Å². The van der Waals surface area contributed by atoms with Gasteiger partial charge in [0.1, 0.15) is 12.4 Å². The van der Waals surface area contributed by atoms with Crippen molar-refractivity contribution in [2.75, 3.05) is 11.9 Å². The molecule has 106 valence electrons. The van der Waals surface area contributed by atoms with E-state index in [4.69, 9.17) is 0 Å². The number of halogens is 1. The summed E-state index contributed by atoms with van der Waals surface area (Å²) in [5.41, 5.74) is 1.28. The second-order valence-corrected chi connectivity index (χ2v) is 4.91. The maximum Gasteiger partial charge on any atom is 0.246 e. The Labute approximate surface area is 122 Å². The van der Waals surface area contributed by atoms with E-state index in [-0.39, 0.29) is 12.5 Å². The highest BCUT2D eigenvalue weighted by atomic mass is 19.1. The van der Waals surface area contributed by atoms with Crippen molar-refractivity contribution in [2.45, 2.75) is 6.54 Å². The van der Waals surface area contributed by atoms with E-state index in [0.29, 0.717) is 5.69 Å². The van der Waals surface area contributed by atoms with Crippen LogP contribution >= 0.6 is 0 Å². The van der Waals surface area contributed by atoms with Crippen LogP contribution in [-0.2, 0) is 11.3 Å². The van der Waals surface area contributed by atoms with Crippen LogP contribution in [-0.4, -0.2) is 17.5 Å². The number of aromatic nitrogens is 1. The van der Waals surface area contributed by atoms with E-state index >= 15 is 0 Å². The van der Waals surface area contributed by atoms with Gasteiger partial charge in [-0.05, 0) is 29.7 Å². The lowest BCUT2D eigenvalue weighted by molar-refractivity contribution is -0.118. The molecule has 3 rings (SSSR count). The van der Waals surface area contributed by atoms with Crippen molar-refractivity contribution in [2.24, 2.45) is 0 Å². The third kappa shape index (κ3) is 2.52. The van der Waals surface area contributed by atoms with Gasteiger partial charge in [0.15, 0.2) is 0 Å². The number of para-hydroxylation sites is 2. The number of carbonyl (C=O) groups is 1. The Morgan fingerprint density at radius 2 is 1.81 bits per heavy atom. The summed E-state index contributed by atoms with van der Waals surface area (Å²) in [4.78, 5) is 13.7. The number of rotatable bonds is 3. The summed E-state index contributed by atoms with van der Waals surface area (Å²) in [7, 11) is 1.59. The normalized spacial score (nSPS) is 10.8. The molecule has 0 saturated carbocycles. The fraction of sp³-hybridized carbons (Fsp3) is 0.118. The predicted octanol–water partition coefficient (Wildman–Crippen LogP) is 3.44. The Balaban J connectivity index is 1.85. The van der Waals surface area contributed by atoms with Crippen LogP contribution in [0.25, 0.3) is 10.9 Å². The summed E-state index contributed by atoms with van der Waals surface area (Å²) < 4.78 is 15.6. The molecular formula is C17H15FN2O. The van der Waals surface area contributed by atoms with Gasteiger partial charge in [-0.25, -0.2) is 4.39 Å². The summed E-state index contributed by atoms with van der Waals surface area (Å²) in [5, 5.41) is 1.08. The number of fused-ring (bicyclic) bond motifs is 1. The smallest absolute Gasteiger partial charge is 0.246 e. The summed E-state index contributed by atoms with van der Waals surface area (Å²) in [5.74, 6) is -0.563. The molecular weight excluding hydrogens is 267 g/mol. The monoisotopic (exact) mass is 282 g/mol. The first-order valence-electron chi connectivity index (χ1n) is 6.72. The fourth-order valence-corrected chi connectivity index (χ4v) is 2.39. The molecule has 3 nitrogen and oxygen atoms in total. The minimum atomic E-state index is -0.397. The molecule has 2 aromatic carbocycles. The lowest BCUT2D eigenvalue weighted by Gasteiger charge is -2.18. The van der Waals surface area contributed by atoms with Gasteiger partial charge in [-0.3, -0.25) is 4.79 Å². The fourth-order valence-electron chi connectivity index (χ4n) is 2.39. The number of hydrogen-bond donors (Lipinski definition) is 0. The molecule has 0 spiro atoms. The summed E-state index contributed by atoms with van der Waals surface area (Å²) in [6, 6.07) is 16.1. The van der Waals surface area contributed by atoms with Gasteiger partial charge < -0.3 is 9.47 Å². The molecule has 0 bridgehead atoms. The molecule has 3 aromatic rings. The van der Waals surface area contributed by atoms with Gasteiger partial charge in [-0.1, -0.05) is 30.3 Å². The van der Waals surface area contributed by atoms with E-state index in [0.717, 1.165) is 10.9 Å². The Morgan fingerprint density at radius 3 is 2.62 bits per heavy atom. The van der Waals surface area contributed by atoms with Crippen LogP contribution in [0.15, 0.2) is 60.8 Å². The molecule has 0 atom stereocenters. The molecule has 0 radical (unpaired) electrons. The van der Waals surface area contributed by atoms with E-state index in [1.54, 1.807) is 25.2 Å². The molecule has 0 N–H and O–H groups in total. The highest BCUT2D eigenvalue weighted by Gasteiger charge is 2.15. The molecule has 0 saturated heterocycles. The van der Waals surface area contributed by atoms with Crippen LogP contribution in [0.5, 0.6) is 0 Å². The highest BCUT2D eigenvalue weighted by molar-refractivity contribution is 5.94. The standard InChI is InChI=1S/C17H15FN2O/c1-19(16-9-5-3-7-14(16)18)17(21)12-20-11-10-13-6-2-4-8-15(13)20/h2-11H,12H2,1H3. The number of benzene rings is 2. The lowest BCUT2D eigenvalue weighted by Crippen LogP contribution is -2.30. The highest BCUT2D eigenvalue weighted by Crippen LogP contribution is 2.19. The number of nitrogens with zero attached hydrogens (tertiary/aromatic N) is 2. The largest absolute Gasteiger partial charge is 0.338 e. The molecule has 4 heteroatoms. The topological polar surface area (TPSA) is 25.2 Å². The predicted molar refractivity (Wildman–Crippen MR) is 81.7 cm³/mol. The van der Waals surface area contributed by atoms with Gasteiger partial charge in [-0.2, -0.15) is 0 Å². The molecule has 0 unspecified atom stereocenters. The summed E-state index contributed by atoms with van der Waals surface area (Å²) in [6.07, 6.45) is 1.87. The second kappa shape index (κ2) is 5.40. The van der Waals surface area contributed by atoms with Crippen molar-refractivity contribution in [1.29, 1.82) is 0 Å². The van der Waals surface area contributed by atoms with Gasteiger partial charge in [0, 0.05) is 18.8 Å². The van der Waals surface area contributed by atoms with Crippen LogP contribution in [0.1, 0.15) is 0 Å². The van der Waals surface area contributed by atoms with Gasteiger partial charge >= 0.3 is 0 Å². The Hall–Kier alpha value is -2.62. The maximum absolute atomic E-state index is 13.7. The maximum atomic E-state index is 13.7. The zero-order valence-corrected chi connectivity index (χ0v) is 11.7. The Kier molecular flexibility index (Phi) is 3.44. The Bertz CT molecular complexity index is 794. The molecule has 21 heavy (non-hydrogen) atoms. The van der Waals surface area contributed by atoms with Crippen molar-refractivity contribution in [1.82, 2.24) is 4.57 Å². The lowest BCUT2D eigenvalue weighted by atomic mass is 10.2. The molecule has 0 fully saturated rings. The van der Waals surface area contributed by atoms with E-state index in [9.17, 15) is 9.18 Å². The van der Waals surface area contributed by atoms with Crippen molar-refractivity contribution < 1.29 is 9.18 Å². The van der Waals surface area contributed by atoms with Gasteiger partial charge in [-0.15, -0.1) is 0 Å². The molecule has 0 aliphatic rings. The number of amides is 1. The molecule has 0 aliphatic carbocycles.